The largest absolute Gasteiger partial charge is 0.125 e. The molecule has 1 aromatic carbocycles. The van der Waals surface area contributed by atoms with Crippen LogP contribution in [-0.2, 0) is 0 Å². The van der Waals surface area contributed by atoms with Crippen LogP contribution in [0.2, 0.25) is 0 Å². The van der Waals surface area contributed by atoms with Gasteiger partial charge in [-0.1, -0.05) is 34.1 Å². The minimum Gasteiger partial charge on any atom is -0.125 e. The standard InChI is InChI=1S/C12H15BrS/c1-10-4-2-3-5-11(10)14-9-12(8-13)6-7-12/h2-5H,6-9H2,1H3. The van der Waals surface area contributed by atoms with Gasteiger partial charge in [-0.05, 0) is 36.8 Å². The van der Waals surface area contributed by atoms with Crippen LogP contribution in [0.5, 0.6) is 0 Å². The summed E-state index contributed by atoms with van der Waals surface area (Å²) in [6, 6.07) is 8.65. The summed E-state index contributed by atoms with van der Waals surface area (Å²) >= 11 is 5.62. The molecule has 1 aliphatic rings. The van der Waals surface area contributed by atoms with Crippen LogP contribution in [0.1, 0.15) is 18.4 Å². The van der Waals surface area contributed by atoms with Crippen molar-refractivity contribution in [3.05, 3.63) is 29.8 Å². The zero-order chi connectivity index (χ0) is 10.0. The fourth-order valence-electron chi connectivity index (χ4n) is 1.44. The first kappa shape index (κ1) is 10.6. The molecule has 0 nitrogen and oxygen atoms in total. The van der Waals surface area contributed by atoms with Gasteiger partial charge in [-0.3, -0.25) is 0 Å². The molecule has 0 atom stereocenters. The minimum atomic E-state index is 0.618. The molecule has 2 rings (SSSR count). The zero-order valence-corrected chi connectivity index (χ0v) is 10.8. The highest BCUT2D eigenvalue weighted by molar-refractivity contribution is 9.09. The molecule has 1 aliphatic carbocycles. The maximum Gasteiger partial charge on any atom is 0.0101 e. The third-order valence-electron chi connectivity index (χ3n) is 2.87. The lowest BCUT2D eigenvalue weighted by atomic mass is 10.2. The maximum absolute atomic E-state index is 3.61. The lowest BCUT2D eigenvalue weighted by molar-refractivity contribution is 0.686. The van der Waals surface area contributed by atoms with Crippen molar-refractivity contribution in [2.45, 2.75) is 24.7 Å². The van der Waals surface area contributed by atoms with Crippen LogP contribution < -0.4 is 0 Å². The molecular weight excluding hydrogens is 256 g/mol. The van der Waals surface area contributed by atoms with Gasteiger partial charge in [0.1, 0.15) is 0 Å². The van der Waals surface area contributed by atoms with Crippen molar-refractivity contribution in [3.8, 4) is 0 Å². The molecule has 0 saturated heterocycles. The predicted molar refractivity (Wildman–Crippen MR) is 67.4 cm³/mol. The molecule has 0 heterocycles. The highest BCUT2D eigenvalue weighted by atomic mass is 79.9. The number of thioether (sulfide) groups is 1. The molecule has 0 unspecified atom stereocenters. The smallest absolute Gasteiger partial charge is 0.0101 e. The van der Waals surface area contributed by atoms with E-state index in [1.54, 1.807) is 0 Å². The Bertz CT molecular complexity index is 318. The lowest BCUT2D eigenvalue weighted by Crippen LogP contribution is -2.05. The van der Waals surface area contributed by atoms with Crippen LogP contribution in [0, 0.1) is 12.3 Å². The molecule has 0 aromatic heterocycles. The highest BCUT2D eigenvalue weighted by Gasteiger charge is 2.41. The molecular formula is C12H15BrS. The summed E-state index contributed by atoms with van der Waals surface area (Å²) in [5, 5.41) is 1.17. The molecule has 1 aromatic rings. The van der Waals surface area contributed by atoms with E-state index in [9.17, 15) is 0 Å². The SMILES string of the molecule is Cc1ccccc1SCC1(CBr)CC1. The average Bonchev–Trinajstić information content (AvgIpc) is 2.98. The van der Waals surface area contributed by atoms with Gasteiger partial charge in [0.05, 0.1) is 0 Å². The number of halogens is 1. The summed E-state index contributed by atoms with van der Waals surface area (Å²) in [6.07, 6.45) is 2.80. The van der Waals surface area contributed by atoms with Crippen LogP contribution in [0.15, 0.2) is 29.2 Å². The Morgan fingerprint density at radius 1 is 1.36 bits per heavy atom. The van der Waals surface area contributed by atoms with Gasteiger partial charge in [0.25, 0.3) is 0 Å². The lowest BCUT2D eigenvalue weighted by Gasteiger charge is -2.11. The Labute approximate surface area is 98.6 Å². The molecule has 0 radical (unpaired) electrons. The van der Waals surface area contributed by atoms with E-state index in [-0.39, 0.29) is 0 Å². The highest BCUT2D eigenvalue weighted by Crippen LogP contribution is 2.50. The molecule has 0 aliphatic heterocycles. The molecule has 0 spiro atoms. The van der Waals surface area contributed by atoms with Crippen LogP contribution in [0.3, 0.4) is 0 Å². The van der Waals surface area contributed by atoms with Gasteiger partial charge in [-0.15, -0.1) is 11.8 Å². The van der Waals surface area contributed by atoms with Gasteiger partial charge in [0, 0.05) is 16.0 Å². The normalized spacial score (nSPS) is 18.1. The van der Waals surface area contributed by atoms with E-state index in [0.717, 1.165) is 0 Å². The summed E-state index contributed by atoms with van der Waals surface area (Å²) in [6.45, 7) is 2.19. The van der Waals surface area contributed by atoms with Crippen LogP contribution in [0.25, 0.3) is 0 Å². The monoisotopic (exact) mass is 270 g/mol. The number of benzene rings is 1. The van der Waals surface area contributed by atoms with Crippen molar-refractivity contribution in [1.82, 2.24) is 0 Å². The van der Waals surface area contributed by atoms with E-state index in [2.05, 4.69) is 47.1 Å². The second kappa shape index (κ2) is 4.28. The van der Waals surface area contributed by atoms with Crippen molar-refractivity contribution in [2.24, 2.45) is 5.41 Å². The van der Waals surface area contributed by atoms with Gasteiger partial charge in [0.2, 0.25) is 0 Å². The van der Waals surface area contributed by atoms with E-state index in [4.69, 9.17) is 0 Å². The molecule has 0 amide bonds. The van der Waals surface area contributed by atoms with E-state index >= 15 is 0 Å². The Balaban J connectivity index is 1.95. The van der Waals surface area contributed by atoms with Crippen molar-refractivity contribution in [1.29, 1.82) is 0 Å². The average molecular weight is 271 g/mol. The van der Waals surface area contributed by atoms with Crippen LogP contribution in [0.4, 0.5) is 0 Å². The van der Waals surface area contributed by atoms with Crippen LogP contribution >= 0.6 is 27.7 Å². The summed E-state index contributed by atoms with van der Waals surface area (Å²) in [7, 11) is 0. The van der Waals surface area contributed by atoms with Gasteiger partial charge in [-0.25, -0.2) is 0 Å². The number of hydrogen-bond acceptors (Lipinski definition) is 1. The van der Waals surface area contributed by atoms with Crippen LogP contribution in [-0.4, -0.2) is 11.1 Å². The summed E-state index contributed by atoms with van der Waals surface area (Å²) in [5.41, 5.74) is 2.02. The van der Waals surface area contributed by atoms with Gasteiger partial charge in [-0.2, -0.15) is 0 Å². The van der Waals surface area contributed by atoms with Crippen molar-refractivity contribution < 1.29 is 0 Å². The topological polar surface area (TPSA) is 0 Å². The number of aryl methyl sites for hydroxylation is 1. The molecule has 1 fully saturated rings. The zero-order valence-electron chi connectivity index (χ0n) is 8.42. The Morgan fingerprint density at radius 3 is 2.64 bits per heavy atom. The minimum absolute atomic E-state index is 0.618. The molecule has 0 N–H and O–H groups in total. The molecule has 14 heavy (non-hydrogen) atoms. The first-order valence-electron chi connectivity index (χ1n) is 5.00. The van der Waals surface area contributed by atoms with Gasteiger partial charge < -0.3 is 0 Å². The number of rotatable bonds is 4. The Hall–Kier alpha value is 0.0500. The fraction of sp³-hybridized carbons (Fsp3) is 0.500. The Morgan fingerprint density at radius 2 is 2.07 bits per heavy atom. The van der Waals surface area contributed by atoms with Gasteiger partial charge in [0.15, 0.2) is 0 Å². The predicted octanol–water partition coefficient (Wildman–Crippen LogP) is 4.26. The summed E-state index contributed by atoms with van der Waals surface area (Å²) in [4.78, 5) is 1.44. The molecule has 0 bridgehead atoms. The van der Waals surface area contributed by atoms with E-state index in [1.165, 1.54) is 34.4 Å². The van der Waals surface area contributed by atoms with E-state index in [1.807, 2.05) is 11.8 Å². The van der Waals surface area contributed by atoms with Crippen molar-refractivity contribution in [3.63, 3.8) is 0 Å². The Kier molecular flexibility index (Phi) is 3.23. The second-order valence-electron chi connectivity index (χ2n) is 4.19. The molecule has 2 heteroatoms. The van der Waals surface area contributed by atoms with Crippen molar-refractivity contribution in [2.75, 3.05) is 11.1 Å². The fourth-order valence-corrected chi connectivity index (χ4v) is 3.79. The molecule has 76 valence electrons. The first-order valence-corrected chi connectivity index (χ1v) is 7.11. The third-order valence-corrected chi connectivity index (χ3v) is 5.58. The van der Waals surface area contributed by atoms with Crippen molar-refractivity contribution >= 4 is 27.7 Å². The third kappa shape index (κ3) is 2.34. The number of alkyl halides is 1. The number of hydrogen-bond donors (Lipinski definition) is 0. The van der Waals surface area contributed by atoms with E-state index in [0.29, 0.717) is 5.41 Å². The summed E-state index contributed by atoms with van der Waals surface area (Å²) in [5.74, 6) is 1.27. The summed E-state index contributed by atoms with van der Waals surface area (Å²) < 4.78 is 0. The quantitative estimate of drug-likeness (QED) is 0.582. The maximum atomic E-state index is 3.61. The molecule has 1 saturated carbocycles. The second-order valence-corrected chi connectivity index (χ2v) is 5.77. The first-order chi connectivity index (χ1) is 6.76. The van der Waals surface area contributed by atoms with E-state index < -0.39 is 0 Å². The van der Waals surface area contributed by atoms with Gasteiger partial charge >= 0.3 is 0 Å².